The highest BCUT2D eigenvalue weighted by atomic mass is 31.2. The number of unbranched alkanes of at least 4 members (excludes halogenated alkanes) is 17. The van der Waals surface area contributed by atoms with E-state index in [4.69, 9.17) is 19.3 Å². The van der Waals surface area contributed by atoms with Crippen LogP contribution in [0.1, 0.15) is 181 Å². The van der Waals surface area contributed by atoms with Crippen LogP contribution in [0.15, 0.2) is 60.8 Å². The SMILES string of the molecule is CC/C=C\C[C@@H](O)/C=C/C=C/C=C\C=C/[C@H](O)[C@@H](O)CCCC(=O)OC[C@H](COP(=O)(O)O)OC(=O)CCCCCCCCCCCCCCCCCCCCC(C)C. The van der Waals surface area contributed by atoms with Crippen molar-refractivity contribution in [2.75, 3.05) is 13.2 Å². The zero-order valence-corrected chi connectivity index (χ0v) is 37.8. The first-order valence-electron chi connectivity index (χ1n) is 22.8. The van der Waals surface area contributed by atoms with E-state index in [9.17, 15) is 29.5 Å². The predicted octanol–water partition coefficient (Wildman–Crippen LogP) is 10.8. The van der Waals surface area contributed by atoms with Gasteiger partial charge in [-0.05, 0) is 38.0 Å². The van der Waals surface area contributed by atoms with Gasteiger partial charge in [0.25, 0.3) is 0 Å². The third-order valence-corrected chi connectivity index (χ3v) is 10.3. The van der Waals surface area contributed by atoms with Gasteiger partial charge in [-0.15, -0.1) is 0 Å². The maximum absolute atomic E-state index is 12.5. The molecule has 0 heterocycles. The Kier molecular flexibility index (Phi) is 38.2. The van der Waals surface area contributed by atoms with Gasteiger partial charge in [-0.1, -0.05) is 197 Å². The lowest BCUT2D eigenvalue weighted by atomic mass is 10.0. The summed E-state index contributed by atoms with van der Waals surface area (Å²) in [5.74, 6) is -0.380. The molecular weight excluding hydrogens is 771 g/mol. The van der Waals surface area contributed by atoms with Crippen LogP contribution in [0.5, 0.6) is 0 Å². The van der Waals surface area contributed by atoms with Crippen LogP contribution in [-0.4, -0.2) is 74.7 Å². The summed E-state index contributed by atoms with van der Waals surface area (Å²) in [5, 5.41) is 30.3. The topological polar surface area (TPSA) is 180 Å². The van der Waals surface area contributed by atoms with Crippen molar-refractivity contribution in [1.29, 1.82) is 0 Å². The number of aliphatic hydroxyl groups is 3. The molecule has 11 nitrogen and oxygen atoms in total. The van der Waals surface area contributed by atoms with Gasteiger partial charge in [0.05, 0.1) is 24.9 Å². The van der Waals surface area contributed by atoms with E-state index in [2.05, 4.69) is 18.4 Å². The number of rotatable bonds is 40. The highest BCUT2D eigenvalue weighted by Gasteiger charge is 2.23. The van der Waals surface area contributed by atoms with Crippen LogP contribution in [0.3, 0.4) is 0 Å². The molecule has 5 N–H and O–H groups in total. The summed E-state index contributed by atoms with van der Waals surface area (Å²) >= 11 is 0. The first-order chi connectivity index (χ1) is 28.3. The lowest BCUT2D eigenvalue weighted by Gasteiger charge is -2.18. The Morgan fingerprint density at radius 3 is 1.56 bits per heavy atom. The number of esters is 2. The van der Waals surface area contributed by atoms with E-state index in [1.54, 1.807) is 42.5 Å². The van der Waals surface area contributed by atoms with Crippen LogP contribution in [0.25, 0.3) is 0 Å². The number of allylic oxidation sites excluding steroid dienone is 7. The van der Waals surface area contributed by atoms with E-state index in [0.29, 0.717) is 12.8 Å². The molecule has 0 aromatic carbocycles. The summed E-state index contributed by atoms with van der Waals surface area (Å²) in [6.07, 6.45) is 39.0. The van der Waals surface area contributed by atoms with Gasteiger partial charge in [-0.2, -0.15) is 0 Å². The minimum absolute atomic E-state index is 0.0890. The molecule has 0 aliphatic heterocycles. The smallest absolute Gasteiger partial charge is 0.462 e. The zero-order chi connectivity index (χ0) is 43.8. The fourth-order valence-electron chi connectivity index (χ4n) is 6.31. The van der Waals surface area contributed by atoms with E-state index >= 15 is 0 Å². The molecule has 0 amide bonds. The predicted molar refractivity (Wildman–Crippen MR) is 238 cm³/mol. The Bertz CT molecular complexity index is 1210. The van der Waals surface area contributed by atoms with Gasteiger partial charge in [0, 0.05) is 12.8 Å². The molecule has 0 saturated heterocycles. The monoisotopic (exact) mass is 855 g/mol. The molecule has 0 aliphatic rings. The quantitative estimate of drug-likeness (QED) is 0.0130. The average molecular weight is 855 g/mol. The molecule has 4 atom stereocenters. The van der Waals surface area contributed by atoms with E-state index in [0.717, 1.165) is 31.6 Å². The minimum Gasteiger partial charge on any atom is -0.462 e. The number of ether oxygens (including phenoxy) is 2. The lowest BCUT2D eigenvalue weighted by Crippen LogP contribution is -2.29. The highest BCUT2D eigenvalue weighted by molar-refractivity contribution is 7.46. The summed E-state index contributed by atoms with van der Waals surface area (Å²) in [6, 6.07) is 0. The molecule has 0 unspecified atom stereocenters. The summed E-state index contributed by atoms with van der Waals surface area (Å²) < 4.78 is 26.2. The third kappa shape index (κ3) is 42.1. The Morgan fingerprint density at radius 2 is 1.05 bits per heavy atom. The number of phosphoric acid groups is 1. The number of carbonyl (C=O) groups excluding carboxylic acids is 2. The van der Waals surface area contributed by atoms with E-state index in [1.807, 2.05) is 19.1 Å². The zero-order valence-electron chi connectivity index (χ0n) is 36.9. The molecule has 0 aromatic heterocycles. The third-order valence-electron chi connectivity index (χ3n) is 9.82. The molecule has 0 aliphatic carbocycles. The van der Waals surface area contributed by atoms with Crippen molar-refractivity contribution < 1.29 is 53.3 Å². The maximum Gasteiger partial charge on any atom is 0.469 e. The van der Waals surface area contributed by atoms with Crippen LogP contribution < -0.4 is 0 Å². The minimum atomic E-state index is -4.84. The first kappa shape index (κ1) is 56.6. The fraction of sp³-hybridized carbons (Fsp3) is 0.745. The molecular formula is C47H83O11P. The summed E-state index contributed by atoms with van der Waals surface area (Å²) in [5.41, 5.74) is 0. The van der Waals surface area contributed by atoms with Gasteiger partial charge < -0.3 is 34.6 Å². The molecule has 0 bridgehead atoms. The Morgan fingerprint density at radius 1 is 0.576 bits per heavy atom. The average Bonchev–Trinajstić information content (AvgIpc) is 3.18. The van der Waals surface area contributed by atoms with Crippen molar-refractivity contribution in [1.82, 2.24) is 0 Å². The molecule has 12 heteroatoms. The van der Waals surface area contributed by atoms with Gasteiger partial charge >= 0.3 is 19.8 Å². The standard InChI is InChI=1S/C47H83O11P/c1-4-5-26-33-42(48)34-28-23-20-21-24-29-35-44(49)45(50)36-31-38-46(51)56-39-43(40-57-59(53,54)55)58-47(52)37-30-25-19-17-15-13-11-9-7-6-8-10-12-14-16-18-22-27-32-41(2)3/h5,20-21,23-24,26,28-29,34-35,41-45,48-50H,4,6-19,22,25,27,30-33,36-40H2,1-3H3,(H2,53,54,55)/b23-20+,24-21-,26-5-,34-28+,35-29-/t42-,43-,44+,45+/m1/s1. The number of carbonyl (C=O) groups is 2. The molecule has 0 radical (unpaired) electrons. The van der Waals surface area contributed by atoms with Gasteiger partial charge in [-0.25, -0.2) is 4.57 Å². The summed E-state index contributed by atoms with van der Waals surface area (Å²) in [4.78, 5) is 43.0. The number of hydrogen-bond acceptors (Lipinski definition) is 9. The van der Waals surface area contributed by atoms with Crippen molar-refractivity contribution in [3.63, 3.8) is 0 Å². The van der Waals surface area contributed by atoms with Crippen LogP contribution >= 0.6 is 7.82 Å². The van der Waals surface area contributed by atoms with Gasteiger partial charge in [-0.3, -0.25) is 14.1 Å². The highest BCUT2D eigenvalue weighted by Crippen LogP contribution is 2.36. The molecule has 0 rings (SSSR count). The molecule has 0 fully saturated rings. The van der Waals surface area contributed by atoms with Crippen molar-refractivity contribution >= 4 is 19.8 Å². The maximum atomic E-state index is 12.5. The van der Waals surface area contributed by atoms with E-state index in [1.165, 1.54) is 102 Å². The van der Waals surface area contributed by atoms with Crippen LogP contribution in [0.4, 0.5) is 0 Å². The van der Waals surface area contributed by atoms with Crippen molar-refractivity contribution in [2.45, 2.75) is 206 Å². The van der Waals surface area contributed by atoms with Crippen LogP contribution in [0.2, 0.25) is 0 Å². The van der Waals surface area contributed by atoms with Crippen molar-refractivity contribution in [3.8, 4) is 0 Å². The van der Waals surface area contributed by atoms with Crippen molar-refractivity contribution in [2.24, 2.45) is 5.92 Å². The largest absolute Gasteiger partial charge is 0.469 e. The summed E-state index contributed by atoms with van der Waals surface area (Å²) in [7, 11) is -4.84. The second-order valence-corrected chi connectivity index (χ2v) is 17.3. The molecule has 0 spiro atoms. The second-order valence-electron chi connectivity index (χ2n) is 16.1. The Hall–Kier alpha value is -2.37. The fourth-order valence-corrected chi connectivity index (χ4v) is 6.67. The molecule has 342 valence electrons. The van der Waals surface area contributed by atoms with Gasteiger partial charge in [0.15, 0.2) is 6.10 Å². The van der Waals surface area contributed by atoms with Gasteiger partial charge in [0.1, 0.15) is 6.61 Å². The Balaban J connectivity index is 4.14. The molecule has 0 aromatic rings. The normalized spacial score (nSPS) is 14.7. The summed E-state index contributed by atoms with van der Waals surface area (Å²) in [6.45, 7) is 5.56. The molecule has 0 saturated carbocycles. The van der Waals surface area contributed by atoms with E-state index in [-0.39, 0.29) is 25.7 Å². The van der Waals surface area contributed by atoms with E-state index < -0.39 is 57.4 Å². The number of aliphatic hydroxyl groups excluding tert-OH is 3. The van der Waals surface area contributed by atoms with Crippen molar-refractivity contribution in [3.05, 3.63) is 60.8 Å². The Labute approximate surface area is 357 Å². The lowest BCUT2D eigenvalue weighted by molar-refractivity contribution is -0.161. The molecule has 59 heavy (non-hydrogen) atoms. The number of phosphoric ester groups is 1. The second kappa shape index (κ2) is 39.7. The first-order valence-corrected chi connectivity index (χ1v) is 24.3. The van der Waals surface area contributed by atoms with Crippen LogP contribution in [0, 0.1) is 5.92 Å². The number of hydrogen-bond donors (Lipinski definition) is 5. The van der Waals surface area contributed by atoms with Gasteiger partial charge in [0.2, 0.25) is 0 Å². The van der Waals surface area contributed by atoms with Crippen LogP contribution in [-0.2, 0) is 28.2 Å².